The first-order valence-electron chi connectivity index (χ1n) is 8.32. The van der Waals surface area contributed by atoms with Gasteiger partial charge in [0.2, 0.25) is 10.0 Å². The van der Waals surface area contributed by atoms with E-state index in [1.165, 1.54) is 6.26 Å². The molecule has 0 aromatic carbocycles. The lowest BCUT2D eigenvalue weighted by molar-refractivity contribution is 0.188. The molecule has 10 heteroatoms. The van der Waals surface area contributed by atoms with Crippen molar-refractivity contribution >= 4 is 27.0 Å². The second-order valence-corrected chi connectivity index (χ2v) is 8.79. The summed E-state index contributed by atoms with van der Waals surface area (Å²) in [5.41, 5.74) is 1.59. The highest BCUT2D eigenvalue weighted by atomic mass is 32.2. The fourth-order valence-electron chi connectivity index (χ4n) is 3.85. The van der Waals surface area contributed by atoms with Crippen LogP contribution in [-0.2, 0) is 21.3 Å². The largest absolute Gasteiger partial charge is 0.383 e. The second kappa shape index (κ2) is 6.19. The van der Waals surface area contributed by atoms with Crippen LogP contribution in [0.25, 0.3) is 11.2 Å². The molecule has 25 heavy (non-hydrogen) atoms. The molecule has 2 aromatic heterocycles. The number of fused-ring (bicyclic) bond motifs is 2. The number of sulfonamides is 1. The third kappa shape index (κ3) is 2.98. The Morgan fingerprint density at radius 3 is 2.52 bits per heavy atom. The SMILES string of the molecule is COCCn1cnc2c(N3CC4CN(S(C)(=O)=O)CC4C3)ncnc21. The Hall–Kier alpha value is -1.78. The molecule has 0 aliphatic carbocycles. The molecule has 0 amide bonds. The van der Waals surface area contributed by atoms with Crippen molar-refractivity contribution in [3.63, 3.8) is 0 Å². The number of aromatic nitrogens is 4. The standard InChI is InChI=1S/C15H22N6O3S/c1-24-4-3-19-10-18-13-14(19)16-9-17-15(13)20-5-11-7-21(25(2,22)23)8-12(11)6-20/h9-12H,3-8H2,1-2H3. The van der Waals surface area contributed by atoms with Crippen LogP contribution >= 0.6 is 0 Å². The molecule has 2 saturated heterocycles. The lowest BCUT2D eigenvalue weighted by atomic mass is 10.0. The molecule has 0 bridgehead atoms. The van der Waals surface area contributed by atoms with E-state index in [4.69, 9.17) is 4.74 Å². The number of rotatable bonds is 5. The number of hydrogen-bond donors (Lipinski definition) is 0. The summed E-state index contributed by atoms with van der Waals surface area (Å²) in [6.45, 7) is 4.08. The van der Waals surface area contributed by atoms with Crippen molar-refractivity contribution in [2.24, 2.45) is 11.8 Å². The highest BCUT2D eigenvalue weighted by Gasteiger charge is 2.43. The average molecular weight is 366 g/mol. The molecule has 136 valence electrons. The zero-order valence-corrected chi connectivity index (χ0v) is 15.2. The monoisotopic (exact) mass is 366 g/mol. The summed E-state index contributed by atoms with van der Waals surface area (Å²) in [6, 6.07) is 0. The third-order valence-corrected chi connectivity index (χ3v) is 6.38. The molecule has 2 fully saturated rings. The van der Waals surface area contributed by atoms with Crippen LogP contribution in [0.2, 0.25) is 0 Å². The topological polar surface area (TPSA) is 93.5 Å². The maximum Gasteiger partial charge on any atom is 0.211 e. The van der Waals surface area contributed by atoms with Gasteiger partial charge < -0.3 is 14.2 Å². The first-order chi connectivity index (χ1) is 12.0. The van der Waals surface area contributed by atoms with Crippen LogP contribution in [0.5, 0.6) is 0 Å². The van der Waals surface area contributed by atoms with Gasteiger partial charge in [-0.25, -0.2) is 27.7 Å². The minimum Gasteiger partial charge on any atom is -0.383 e. The Labute approximate surface area is 146 Å². The maximum absolute atomic E-state index is 11.7. The fourth-order valence-corrected chi connectivity index (χ4v) is 4.77. The van der Waals surface area contributed by atoms with Crippen molar-refractivity contribution < 1.29 is 13.2 Å². The van der Waals surface area contributed by atoms with Crippen LogP contribution in [0.15, 0.2) is 12.7 Å². The number of methoxy groups -OCH3 is 1. The van der Waals surface area contributed by atoms with E-state index in [-0.39, 0.29) is 0 Å². The number of ether oxygens (including phenoxy) is 1. The van der Waals surface area contributed by atoms with E-state index in [2.05, 4.69) is 19.9 Å². The van der Waals surface area contributed by atoms with Crippen molar-refractivity contribution in [1.82, 2.24) is 23.8 Å². The lowest BCUT2D eigenvalue weighted by Crippen LogP contribution is -2.32. The van der Waals surface area contributed by atoms with Crippen molar-refractivity contribution in [1.29, 1.82) is 0 Å². The van der Waals surface area contributed by atoms with Gasteiger partial charge in [-0.3, -0.25) is 0 Å². The molecule has 2 aliphatic rings. The van der Waals surface area contributed by atoms with Crippen LogP contribution in [0.1, 0.15) is 0 Å². The number of imidazole rings is 1. The summed E-state index contributed by atoms with van der Waals surface area (Å²) < 4.78 is 32.2. The Morgan fingerprint density at radius 2 is 1.88 bits per heavy atom. The van der Waals surface area contributed by atoms with Crippen LogP contribution in [-0.4, -0.2) is 78.4 Å². The smallest absolute Gasteiger partial charge is 0.211 e. The number of nitrogens with zero attached hydrogens (tertiary/aromatic N) is 6. The van der Waals surface area contributed by atoms with Crippen molar-refractivity contribution in [2.75, 3.05) is 51.1 Å². The molecule has 9 nitrogen and oxygen atoms in total. The molecule has 4 rings (SSSR count). The summed E-state index contributed by atoms with van der Waals surface area (Å²) in [7, 11) is -1.44. The number of hydrogen-bond acceptors (Lipinski definition) is 7. The molecule has 0 spiro atoms. The van der Waals surface area contributed by atoms with E-state index in [1.807, 2.05) is 4.57 Å². The third-order valence-electron chi connectivity index (χ3n) is 5.14. The molecule has 4 heterocycles. The van der Waals surface area contributed by atoms with Gasteiger partial charge in [-0.2, -0.15) is 0 Å². The van der Waals surface area contributed by atoms with Crippen molar-refractivity contribution in [3.05, 3.63) is 12.7 Å². The van der Waals surface area contributed by atoms with Gasteiger partial charge in [-0.1, -0.05) is 0 Å². The normalized spacial score (nSPS) is 24.3. The Kier molecular flexibility index (Phi) is 4.13. The molecule has 0 N–H and O–H groups in total. The predicted molar refractivity (Wildman–Crippen MR) is 92.8 cm³/mol. The summed E-state index contributed by atoms with van der Waals surface area (Å²) in [6.07, 6.45) is 4.62. The fraction of sp³-hybridized carbons (Fsp3) is 0.667. The quantitative estimate of drug-likeness (QED) is 0.723. The zero-order chi connectivity index (χ0) is 17.6. The van der Waals surface area contributed by atoms with Gasteiger partial charge in [-0.15, -0.1) is 0 Å². The van der Waals surface area contributed by atoms with Crippen molar-refractivity contribution in [2.45, 2.75) is 6.54 Å². The Balaban J connectivity index is 1.55. The second-order valence-electron chi connectivity index (χ2n) is 6.81. The summed E-state index contributed by atoms with van der Waals surface area (Å²) in [4.78, 5) is 15.5. The van der Waals surface area contributed by atoms with E-state index >= 15 is 0 Å². The van der Waals surface area contributed by atoms with Gasteiger partial charge in [0, 0.05) is 39.8 Å². The Bertz CT molecular complexity index is 869. The van der Waals surface area contributed by atoms with Gasteiger partial charge in [0.05, 0.1) is 19.2 Å². The molecule has 0 saturated carbocycles. The zero-order valence-electron chi connectivity index (χ0n) is 14.4. The van der Waals surface area contributed by atoms with Crippen LogP contribution in [0.3, 0.4) is 0 Å². The van der Waals surface area contributed by atoms with Crippen LogP contribution < -0.4 is 4.90 Å². The van der Waals surface area contributed by atoms with Crippen LogP contribution in [0.4, 0.5) is 5.82 Å². The average Bonchev–Trinajstić information content (AvgIpc) is 3.24. The van der Waals surface area contributed by atoms with E-state index in [0.717, 1.165) is 30.1 Å². The summed E-state index contributed by atoms with van der Waals surface area (Å²) in [5.74, 6) is 1.52. The van der Waals surface area contributed by atoms with Gasteiger partial charge in [0.25, 0.3) is 0 Å². The van der Waals surface area contributed by atoms with E-state index in [1.54, 1.807) is 24.1 Å². The van der Waals surface area contributed by atoms with E-state index < -0.39 is 10.0 Å². The highest BCUT2D eigenvalue weighted by molar-refractivity contribution is 7.88. The van der Waals surface area contributed by atoms with Crippen molar-refractivity contribution in [3.8, 4) is 0 Å². The van der Waals surface area contributed by atoms with Gasteiger partial charge in [-0.05, 0) is 11.8 Å². The molecule has 2 aromatic rings. The molecule has 2 unspecified atom stereocenters. The molecule has 0 radical (unpaired) electrons. The Morgan fingerprint density at radius 1 is 1.16 bits per heavy atom. The maximum atomic E-state index is 11.7. The summed E-state index contributed by atoms with van der Waals surface area (Å²) >= 11 is 0. The highest BCUT2D eigenvalue weighted by Crippen LogP contribution is 2.35. The van der Waals surface area contributed by atoms with Gasteiger partial charge in [0.15, 0.2) is 17.0 Å². The first kappa shape index (κ1) is 16.7. The van der Waals surface area contributed by atoms with Gasteiger partial charge in [0.1, 0.15) is 6.33 Å². The van der Waals surface area contributed by atoms with Crippen LogP contribution in [0, 0.1) is 11.8 Å². The molecular weight excluding hydrogens is 344 g/mol. The molecule has 2 atom stereocenters. The first-order valence-corrected chi connectivity index (χ1v) is 10.2. The van der Waals surface area contributed by atoms with E-state index in [9.17, 15) is 8.42 Å². The molecular formula is C15H22N6O3S. The predicted octanol–water partition coefficient (Wildman–Crippen LogP) is -0.200. The molecule has 2 aliphatic heterocycles. The minimum atomic E-state index is -3.11. The van der Waals surface area contributed by atoms with Gasteiger partial charge >= 0.3 is 0 Å². The minimum absolute atomic E-state index is 0.343. The lowest BCUT2D eigenvalue weighted by Gasteiger charge is -2.21. The van der Waals surface area contributed by atoms with E-state index in [0.29, 0.717) is 38.1 Å². The number of anilines is 1. The summed E-state index contributed by atoms with van der Waals surface area (Å²) in [5, 5.41) is 0.